The molecule has 0 spiro atoms. The second kappa shape index (κ2) is 9.05. The Morgan fingerprint density at radius 1 is 1.10 bits per heavy atom. The van der Waals surface area contributed by atoms with E-state index in [1.807, 2.05) is 30.3 Å². The summed E-state index contributed by atoms with van der Waals surface area (Å²) in [7, 11) is 1.41. The van der Waals surface area contributed by atoms with Crippen molar-refractivity contribution in [3.05, 3.63) is 69.8 Å². The summed E-state index contributed by atoms with van der Waals surface area (Å²) in [6.07, 6.45) is 0. The molecule has 2 rings (SSSR count). The Labute approximate surface area is 166 Å². The van der Waals surface area contributed by atoms with Gasteiger partial charge in [-0.2, -0.15) is 0 Å². The molecule has 2 aromatic carbocycles. The van der Waals surface area contributed by atoms with E-state index in [0.717, 1.165) is 12.5 Å². The predicted molar refractivity (Wildman–Crippen MR) is 102 cm³/mol. The van der Waals surface area contributed by atoms with E-state index in [2.05, 4.69) is 0 Å². The van der Waals surface area contributed by atoms with Crippen molar-refractivity contribution in [3.8, 4) is 11.5 Å². The van der Waals surface area contributed by atoms with E-state index in [4.69, 9.17) is 9.47 Å². The Balaban J connectivity index is 2.47. The minimum atomic E-state index is -2.40. The number of rotatable bonds is 10. The molecule has 1 atom stereocenters. The van der Waals surface area contributed by atoms with Gasteiger partial charge >= 0.3 is 11.9 Å². The van der Waals surface area contributed by atoms with Crippen molar-refractivity contribution in [2.45, 2.75) is 19.4 Å². The number of methoxy groups -OCH3 is 1. The maximum Gasteiger partial charge on any atom is 0.321 e. The van der Waals surface area contributed by atoms with Gasteiger partial charge in [0.25, 0.3) is 0 Å². The van der Waals surface area contributed by atoms with E-state index in [9.17, 15) is 29.9 Å². The highest BCUT2D eigenvalue weighted by molar-refractivity contribution is 5.99. The number of nitrogens with zero attached hydrogens (tertiary/aromatic N) is 1. The summed E-state index contributed by atoms with van der Waals surface area (Å²) in [5.74, 6) is -4.21. The van der Waals surface area contributed by atoms with Gasteiger partial charge in [-0.1, -0.05) is 36.4 Å². The maximum atomic E-state index is 11.7. The smallest absolute Gasteiger partial charge is 0.321 e. The van der Waals surface area contributed by atoms with Gasteiger partial charge in [0.1, 0.15) is 6.61 Å². The molecule has 0 saturated heterocycles. The third-order valence-corrected chi connectivity index (χ3v) is 4.74. The number of aliphatic carboxylic acids is 2. The molecule has 0 fully saturated rings. The topological polar surface area (TPSA) is 136 Å². The lowest BCUT2D eigenvalue weighted by Crippen LogP contribution is -2.44. The second-order valence-electron chi connectivity index (χ2n) is 6.57. The first-order chi connectivity index (χ1) is 13.7. The first-order valence-corrected chi connectivity index (χ1v) is 8.63. The highest BCUT2D eigenvalue weighted by Crippen LogP contribution is 2.40. The SMILES string of the molecule is COc1ccc([C@H](C[N+](=O)[O-])C(C)(C(=O)O)C(=O)O)cc1OCc1ccccc1. The average Bonchev–Trinajstić information content (AvgIpc) is 2.70. The molecule has 9 nitrogen and oxygen atoms in total. The van der Waals surface area contributed by atoms with Crippen LogP contribution >= 0.6 is 0 Å². The molecule has 0 amide bonds. The van der Waals surface area contributed by atoms with E-state index in [-0.39, 0.29) is 17.9 Å². The molecule has 154 valence electrons. The molecule has 29 heavy (non-hydrogen) atoms. The lowest BCUT2D eigenvalue weighted by molar-refractivity contribution is -0.485. The number of nitro groups is 1. The number of hydrogen-bond acceptors (Lipinski definition) is 6. The molecule has 0 radical (unpaired) electrons. The molecule has 2 N–H and O–H groups in total. The minimum Gasteiger partial charge on any atom is -0.493 e. The van der Waals surface area contributed by atoms with Crippen LogP contribution in [0.5, 0.6) is 11.5 Å². The van der Waals surface area contributed by atoms with Gasteiger partial charge in [0, 0.05) is 4.92 Å². The predicted octanol–water partition coefficient (Wildman–Crippen LogP) is 2.81. The van der Waals surface area contributed by atoms with Crippen LogP contribution < -0.4 is 9.47 Å². The molecule has 0 aliphatic heterocycles. The van der Waals surface area contributed by atoms with Crippen LogP contribution in [0.1, 0.15) is 24.0 Å². The Morgan fingerprint density at radius 2 is 1.72 bits per heavy atom. The van der Waals surface area contributed by atoms with E-state index in [1.165, 1.54) is 25.3 Å². The van der Waals surface area contributed by atoms with Crippen molar-refractivity contribution in [2.24, 2.45) is 5.41 Å². The van der Waals surface area contributed by atoms with Crippen molar-refractivity contribution >= 4 is 11.9 Å². The van der Waals surface area contributed by atoms with Crippen LogP contribution in [0.15, 0.2) is 48.5 Å². The fourth-order valence-corrected chi connectivity index (χ4v) is 2.92. The van der Waals surface area contributed by atoms with Crippen LogP contribution in [0.25, 0.3) is 0 Å². The van der Waals surface area contributed by atoms with Gasteiger partial charge in [0.15, 0.2) is 16.9 Å². The molecule has 0 saturated carbocycles. The fraction of sp³-hybridized carbons (Fsp3) is 0.300. The van der Waals surface area contributed by atoms with Gasteiger partial charge in [-0.3, -0.25) is 19.7 Å². The third kappa shape index (κ3) is 4.81. The Kier molecular flexibility index (Phi) is 6.76. The van der Waals surface area contributed by atoms with Crippen molar-refractivity contribution in [2.75, 3.05) is 13.7 Å². The molecule has 0 aliphatic carbocycles. The number of benzene rings is 2. The maximum absolute atomic E-state index is 11.7. The van der Waals surface area contributed by atoms with Crippen molar-refractivity contribution in [3.63, 3.8) is 0 Å². The first kappa shape index (κ1) is 21.7. The van der Waals surface area contributed by atoms with Crippen molar-refractivity contribution in [1.82, 2.24) is 0 Å². The molecular formula is C20H21NO8. The number of carboxylic acid groups (broad SMARTS) is 2. The zero-order chi connectivity index (χ0) is 21.6. The summed E-state index contributed by atoms with van der Waals surface area (Å²) in [5, 5.41) is 30.2. The summed E-state index contributed by atoms with van der Waals surface area (Å²) in [5.41, 5.74) is -1.39. The Morgan fingerprint density at radius 3 is 2.24 bits per heavy atom. The summed E-state index contributed by atoms with van der Waals surface area (Å²) < 4.78 is 11.0. The summed E-state index contributed by atoms with van der Waals surface area (Å²) in [6, 6.07) is 13.5. The second-order valence-corrected chi connectivity index (χ2v) is 6.57. The highest BCUT2D eigenvalue weighted by Gasteiger charge is 2.52. The quantitative estimate of drug-likeness (QED) is 0.351. The lowest BCUT2D eigenvalue weighted by Gasteiger charge is -2.28. The van der Waals surface area contributed by atoms with E-state index < -0.39 is 34.7 Å². The number of carboxylic acids is 2. The molecule has 0 heterocycles. The highest BCUT2D eigenvalue weighted by atomic mass is 16.6. The van der Waals surface area contributed by atoms with Gasteiger partial charge in [0.2, 0.25) is 6.54 Å². The molecule has 2 aromatic rings. The lowest BCUT2D eigenvalue weighted by atomic mass is 9.73. The first-order valence-electron chi connectivity index (χ1n) is 8.63. The third-order valence-electron chi connectivity index (χ3n) is 4.74. The molecule has 0 aliphatic rings. The monoisotopic (exact) mass is 403 g/mol. The number of hydrogen-bond donors (Lipinski definition) is 2. The van der Waals surface area contributed by atoms with Crippen LogP contribution in [0.4, 0.5) is 0 Å². The van der Waals surface area contributed by atoms with Crippen molar-refractivity contribution < 1.29 is 34.2 Å². The van der Waals surface area contributed by atoms with Crippen LogP contribution in [-0.4, -0.2) is 40.7 Å². The van der Waals surface area contributed by atoms with Crippen LogP contribution in [0.3, 0.4) is 0 Å². The summed E-state index contributed by atoms with van der Waals surface area (Å²) in [4.78, 5) is 33.9. The Hall–Kier alpha value is -3.62. The van der Waals surface area contributed by atoms with Gasteiger partial charge < -0.3 is 19.7 Å². The zero-order valence-corrected chi connectivity index (χ0v) is 15.9. The standard InChI is InChI=1S/C20H21NO8/c1-20(18(22)23,19(24)25)15(11-21(26)27)14-8-9-16(28-2)17(10-14)29-12-13-6-4-3-5-7-13/h3-10,15H,11-12H2,1-2H3,(H,22,23)(H,24,25)/t15-/m0/s1. The van der Waals surface area contributed by atoms with Crippen LogP contribution in [-0.2, 0) is 16.2 Å². The van der Waals surface area contributed by atoms with Crippen LogP contribution in [0, 0.1) is 15.5 Å². The van der Waals surface area contributed by atoms with Gasteiger partial charge in [-0.15, -0.1) is 0 Å². The normalized spacial score (nSPS) is 12.1. The largest absolute Gasteiger partial charge is 0.493 e. The molecule has 0 bridgehead atoms. The van der Waals surface area contributed by atoms with Crippen LogP contribution in [0.2, 0.25) is 0 Å². The van der Waals surface area contributed by atoms with Gasteiger partial charge in [0.05, 0.1) is 13.0 Å². The van der Waals surface area contributed by atoms with Gasteiger partial charge in [-0.25, -0.2) is 0 Å². The number of ether oxygens (including phenoxy) is 2. The molecule has 0 unspecified atom stereocenters. The fourth-order valence-electron chi connectivity index (χ4n) is 2.92. The van der Waals surface area contributed by atoms with Gasteiger partial charge in [-0.05, 0) is 30.2 Å². The molecular weight excluding hydrogens is 382 g/mol. The van der Waals surface area contributed by atoms with Crippen molar-refractivity contribution in [1.29, 1.82) is 0 Å². The zero-order valence-electron chi connectivity index (χ0n) is 15.9. The summed E-state index contributed by atoms with van der Waals surface area (Å²) in [6.45, 7) is 0.260. The average molecular weight is 403 g/mol. The number of carbonyl (C=O) groups is 2. The molecule has 0 aromatic heterocycles. The Bertz CT molecular complexity index is 883. The summed E-state index contributed by atoms with van der Waals surface area (Å²) >= 11 is 0. The van der Waals surface area contributed by atoms with E-state index in [0.29, 0.717) is 5.75 Å². The van der Waals surface area contributed by atoms with E-state index in [1.54, 1.807) is 0 Å². The molecule has 9 heteroatoms. The minimum absolute atomic E-state index is 0.151. The van der Waals surface area contributed by atoms with E-state index >= 15 is 0 Å².